The highest BCUT2D eigenvalue weighted by Crippen LogP contribution is 2.26. The van der Waals surface area contributed by atoms with Gasteiger partial charge in [-0.05, 0) is 13.0 Å². The minimum atomic E-state index is -0.720. The predicted molar refractivity (Wildman–Crippen MR) is 73.9 cm³/mol. The summed E-state index contributed by atoms with van der Waals surface area (Å²) < 4.78 is 0. The lowest BCUT2D eigenvalue weighted by atomic mass is 10.2. The van der Waals surface area contributed by atoms with Crippen molar-refractivity contribution in [3.63, 3.8) is 0 Å². The maximum absolute atomic E-state index is 12.0. The first kappa shape index (κ1) is 14.4. The lowest BCUT2D eigenvalue weighted by Crippen LogP contribution is -2.23. The molecular formula is C11H9ClN4O3S. The fourth-order valence-electron chi connectivity index (χ4n) is 1.54. The van der Waals surface area contributed by atoms with Crippen LogP contribution in [0, 0.1) is 17.0 Å². The largest absolute Gasteiger partial charge is 0.347 e. The Morgan fingerprint density at radius 1 is 1.55 bits per heavy atom. The van der Waals surface area contributed by atoms with Crippen molar-refractivity contribution in [1.82, 2.24) is 15.3 Å². The van der Waals surface area contributed by atoms with Gasteiger partial charge in [-0.2, -0.15) is 0 Å². The number of pyridine rings is 1. The molecule has 0 unspecified atom stereocenters. The lowest BCUT2D eigenvalue weighted by Gasteiger charge is -2.05. The predicted octanol–water partition coefficient (Wildman–Crippen LogP) is 2.34. The van der Waals surface area contributed by atoms with Crippen LogP contribution in [0.1, 0.15) is 20.9 Å². The smallest absolute Gasteiger partial charge is 0.319 e. The van der Waals surface area contributed by atoms with Crippen molar-refractivity contribution in [2.75, 3.05) is 0 Å². The van der Waals surface area contributed by atoms with Gasteiger partial charge >= 0.3 is 5.69 Å². The number of thiazole rings is 1. The van der Waals surface area contributed by atoms with Gasteiger partial charge in [0, 0.05) is 11.1 Å². The molecule has 7 nitrogen and oxygen atoms in total. The van der Waals surface area contributed by atoms with E-state index >= 15 is 0 Å². The van der Waals surface area contributed by atoms with Crippen molar-refractivity contribution in [3.05, 3.63) is 49.2 Å². The van der Waals surface area contributed by atoms with E-state index in [9.17, 15) is 14.9 Å². The highest BCUT2D eigenvalue weighted by molar-refractivity contribution is 7.09. The van der Waals surface area contributed by atoms with Crippen molar-refractivity contribution in [2.24, 2.45) is 0 Å². The van der Waals surface area contributed by atoms with Gasteiger partial charge in [-0.15, -0.1) is 11.3 Å². The number of nitrogens with one attached hydrogen (secondary N) is 1. The summed E-state index contributed by atoms with van der Waals surface area (Å²) in [7, 11) is 0. The van der Waals surface area contributed by atoms with Crippen LogP contribution in [0.15, 0.2) is 17.8 Å². The van der Waals surface area contributed by atoms with Crippen LogP contribution in [-0.2, 0) is 6.54 Å². The molecule has 0 radical (unpaired) electrons. The third-order valence-electron chi connectivity index (χ3n) is 2.56. The first-order valence-electron chi connectivity index (χ1n) is 5.46. The van der Waals surface area contributed by atoms with Gasteiger partial charge < -0.3 is 5.32 Å². The van der Waals surface area contributed by atoms with E-state index in [-0.39, 0.29) is 17.3 Å². The van der Waals surface area contributed by atoms with E-state index in [1.54, 1.807) is 5.51 Å². The van der Waals surface area contributed by atoms with E-state index < -0.39 is 16.5 Å². The number of halogens is 1. The number of aryl methyl sites for hydroxylation is 1. The molecule has 1 N–H and O–H groups in total. The molecule has 0 spiro atoms. The Hall–Kier alpha value is -2.06. The van der Waals surface area contributed by atoms with E-state index in [2.05, 4.69) is 15.3 Å². The average molecular weight is 313 g/mol. The van der Waals surface area contributed by atoms with E-state index in [0.29, 0.717) is 0 Å². The van der Waals surface area contributed by atoms with Gasteiger partial charge in [-0.25, -0.2) is 9.97 Å². The topological polar surface area (TPSA) is 98.0 Å². The second-order valence-electron chi connectivity index (χ2n) is 3.80. The number of aromatic nitrogens is 2. The molecule has 0 aliphatic rings. The number of rotatable bonds is 4. The van der Waals surface area contributed by atoms with E-state index in [1.165, 1.54) is 23.6 Å². The molecule has 1 amide bonds. The molecule has 0 aliphatic heterocycles. The first-order valence-corrected chi connectivity index (χ1v) is 6.72. The van der Waals surface area contributed by atoms with Crippen LogP contribution >= 0.6 is 22.9 Å². The van der Waals surface area contributed by atoms with Crippen molar-refractivity contribution in [3.8, 4) is 0 Å². The molecule has 104 valence electrons. The summed E-state index contributed by atoms with van der Waals surface area (Å²) in [6.45, 7) is 2.08. The average Bonchev–Trinajstić information content (AvgIpc) is 2.80. The van der Waals surface area contributed by atoms with E-state index in [4.69, 9.17) is 11.6 Å². The molecular weight excluding hydrogens is 304 g/mol. The Morgan fingerprint density at radius 2 is 2.30 bits per heavy atom. The van der Waals surface area contributed by atoms with Gasteiger partial charge in [0.1, 0.15) is 5.56 Å². The molecule has 0 saturated heterocycles. The van der Waals surface area contributed by atoms with Crippen LogP contribution in [-0.4, -0.2) is 20.8 Å². The van der Waals surface area contributed by atoms with Crippen LogP contribution in [0.5, 0.6) is 0 Å². The zero-order chi connectivity index (χ0) is 14.7. The van der Waals surface area contributed by atoms with Gasteiger partial charge in [0.25, 0.3) is 5.91 Å². The number of hydrogen-bond donors (Lipinski definition) is 1. The van der Waals surface area contributed by atoms with Crippen molar-refractivity contribution < 1.29 is 9.72 Å². The molecule has 9 heteroatoms. The summed E-state index contributed by atoms with van der Waals surface area (Å²) in [5, 5.41) is 13.2. The van der Waals surface area contributed by atoms with Gasteiger partial charge in [0.2, 0.25) is 5.15 Å². The maximum atomic E-state index is 12.0. The molecule has 0 bridgehead atoms. The van der Waals surface area contributed by atoms with Crippen LogP contribution in [0.3, 0.4) is 0 Å². The Kier molecular flexibility index (Phi) is 4.26. The third-order valence-corrected chi connectivity index (χ3v) is 3.77. The Balaban J connectivity index is 2.20. The number of nitrogens with zero attached hydrogens (tertiary/aromatic N) is 3. The molecule has 0 saturated carbocycles. The first-order chi connectivity index (χ1) is 9.50. The standard InChI is InChI=1S/C11H9ClN4O3S/c1-6-8(20-5-15-6)4-14-11(17)7-2-3-13-10(12)9(7)16(18)19/h2-3,5H,4H2,1H3,(H,14,17). The molecule has 0 aliphatic carbocycles. The van der Waals surface area contributed by atoms with Crippen LogP contribution in [0.2, 0.25) is 5.15 Å². The normalized spacial score (nSPS) is 10.3. The molecule has 2 aromatic rings. The molecule has 0 atom stereocenters. The summed E-state index contributed by atoms with van der Waals surface area (Å²) in [4.78, 5) is 30.8. The third kappa shape index (κ3) is 2.91. The van der Waals surface area contributed by atoms with Crippen molar-refractivity contribution in [2.45, 2.75) is 13.5 Å². The summed E-state index contributed by atoms with van der Waals surface area (Å²) in [5.41, 5.74) is 1.88. The Labute approximate surface area is 122 Å². The maximum Gasteiger partial charge on any atom is 0.319 e. The van der Waals surface area contributed by atoms with Gasteiger partial charge in [-0.3, -0.25) is 14.9 Å². The van der Waals surface area contributed by atoms with Crippen LogP contribution in [0.4, 0.5) is 5.69 Å². The lowest BCUT2D eigenvalue weighted by molar-refractivity contribution is -0.385. The van der Waals surface area contributed by atoms with E-state index in [1.807, 2.05) is 6.92 Å². The van der Waals surface area contributed by atoms with E-state index in [0.717, 1.165) is 10.6 Å². The number of carbonyl (C=O) groups is 1. The zero-order valence-corrected chi connectivity index (χ0v) is 11.9. The monoisotopic (exact) mass is 312 g/mol. The minimum Gasteiger partial charge on any atom is -0.347 e. The highest BCUT2D eigenvalue weighted by atomic mass is 35.5. The molecule has 20 heavy (non-hydrogen) atoms. The van der Waals surface area contributed by atoms with Gasteiger partial charge in [0.05, 0.1) is 22.7 Å². The fourth-order valence-corrected chi connectivity index (χ4v) is 2.48. The van der Waals surface area contributed by atoms with Crippen LogP contribution in [0.25, 0.3) is 0 Å². The van der Waals surface area contributed by atoms with Crippen molar-refractivity contribution >= 4 is 34.5 Å². The van der Waals surface area contributed by atoms with Gasteiger partial charge in [-0.1, -0.05) is 11.6 Å². The fraction of sp³-hybridized carbons (Fsp3) is 0.182. The quantitative estimate of drug-likeness (QED) is 0.531. The number of amides is 1. The molecule has 2 rings (SSSR count). The number of hydrogen-bond acceptors (Lipinski definition) is 6. The van der Waals surface area contributed by atoms with Crippen molar-refractivity contribution in [1.29, 1.82) is 0 Å². The summed E-state index contributed by atoms with van der Waals surface area (Å²) in [5.74, 6) is -0.575. The second kappa shape index (κ2) is 5.93. The Bertz CT molecular complexity index is 673. The second-order valence-corrected chi connectivity index (χ2v) is 5.10. The zero-order valence-electron chi connectivity index (χ0n) is 10.3. The Morgan fingerprint density at radius 3 is 2.90 bits per heavy atom. The SMILES string of the molecule is Cc1ncsc1CNC(=O)c1ccnc(Cl)c1[N+](=O)[O-]. The molecule has 0 aromatic carbocycles. The minimum absolute atomic E-state index is 0.114. The molecule has 2 heterocycles. The van der Waals surface area contributed by atoms with Crippen LogP contribution < -0.4 is 5.32 Å². The number of carbonyl (C=O) groups excluding carboxylic acids is 1. The molecule has 0 fully saturated rings. The summed E-state index contributed by atoms with van der Waals surface area (Å²) in [6.07, 6.45) is 1.25. The molecule has 2 aromatic heterocycles. The number of nitro groups is 1. The highest BCUT2D eigenvalue weighted by Gasteiger charge is 2.24. The summed E-state index contributed by atoms with van der Waals surface area (Å²) in [6, 6.07) is 1.26. The summed E-state index contributed by atoms with van der Waals surface area (Å²) >= 11 is 7.05. The van der Waals surface area contributed by atoms with Gasteiger partial charge in [0.15, 0.2) is 0 Å².